The number of hydrogen-bond acceptors (Lipinski definition) is 6. The van der Waals surface area contributed by atoms with Crippen molar-refractivity contribution in [3.8, 4) is 0 Å². The van der Waals surface area contributed by atoms with Crippen molar-refractivity contribution in [2.45, 2.75) is 64.6 Å². The van der Waals surface area contributed by atoms with Crippen molar-refractivity contribution in [3.63, 3.8) is 0 Å². The normalized spacial score (nSPS) is 15.7. The molecule has 1 fully saturated rings. The van der Waals surface area contributed by atoms with E-state index in [4.69, 9.17) is 9.47 Å². The zero-order valence-electron chi connectivity index (χ0n) is 19.0. The van der Waals surface area contributed by atoms with Crippen LogP contribution < -0.4 is 5.32 Å². The molecule has 1 saturated heterocycles. The molecule has 1 aliphatic rings. The number of esters is 1. The molecule has 2 rings (SSSR count). The summed E-state index contributed by atoms with van der Waals surface area (Å²) >= 11 is 0. The highest BCUT2D eigenvalue weighted by atomic mass is 16.6. The summed E-state index contributed by atoms with van der Waals surface area (Å²) in [5.41, 5.74) is 1.74. The number of allylic oxidation sites excluding steroid dienone is 1. The third-order valence-corrected chi connectivity index (χ3v) is 4.97. The maximum absolute atomic E-state index is 12.4. The summed E-state index contributed by atoms with van der Waals surface area (Å²) in [7, 11) is 1.25. The lowest BCUT2D eigenvalue weighted by Crippen LogP contribution is -2.44. The van der Waals surface area contributed by atoms with Gasteiger partial charge in [0.2, 0.25) is 0 Å². The van der Waals surface area contributed by atoms with Gasteiger partial charge < -0.3 is 14.8 Å². The van der Waals surface area contributed by atoms with Crippen molar-refractivity contribution in [2.75, 3.05) is 20.2 Å². The Hall–Kier alpha value is -2.67. The van der Waals surface area contributed by atoms with E-state index in [1.54, 1.807) is 26.8 Å². The second-order valence-corrected chi connectivity index (χ2v) is 8.79. The molecule has 1 N–H and O–H groups in total. The van der Waals surface area contributed by atoms with Crippen LogP contribution in [0.15, 0.2) is 42.0 Å². The van der Waals surface area contributed by atoms with Crippen LogP contribution in [-0.2, 0) is 25.6 Å². The number of carbonyl (C=O) groups is 3. The minimum Gasteiger partial charge on any atom is -0.467 e. The monoisotopic (exact) mass is 430 g/mol. The Morgan fingerprint density at radius 2 is 1.77 bits per heavy atom. The van der Waals surface area contributed by atoms with Gasteiger partial charge in [0.1, 0.15) is 11.6 Å². The highest BCUT2D eigenvalue weighted by Gasteiger charge is 2.25. The lowest BCUT2D eigenvalue weighted by molar-refractivity contribution is -0.143. The Morgan fingerprint density at radius 3 is 2.35 bits per heavy atom. The van der Waals surface area contributed by atoms with Crippen molar-refractivity contribution >= 4 is 17.8 Å². The molecule has 0 unspecified atom stereocenters. The first-order chi connectivity index (χ1) is 14.7. The molecule has 0 radical (unpaired) electrons. The van der Waals surface area contributed by atoms with Crippen molar-refractivity contribution in [1.82, 2.24) is 10.2 Å². The Labute approximate surface area is 184 Å². The minimum atomic E-state index is -0.921. The van der Waals surface area contributed by atoms with Crippen LogP contribution in [0.2, 0.25) is 0 Å². The van der Waals surface area contributed by atoms with Crippen molar-refractivity contribution in [3.05, 3.63) is 47.5 Å². The van der Waals surface area contributed by atoms with E-state index in [9.17, 15) is 14.4 Å². The molecule has 31 heavy (non-hydrogen) atoms. The second-order valence-electron chi connectivity index (χ2n) is 8.79. The van der Waals surface area contributed by atoms with Crippen molar-refractivity contribution < 1.29 is 23.9 Å². The fraction of sp³-hybridized carbons (Fsp3) is 0.542. The lowest BCUT2D eigenvalue weighted by Gasteiger charge is -2.28. The molecule has 7 nitrogen and oxygen atoms in total. The maximum Gasteiger partial charge on any atom is 0.408 e. The van der Waals surface area contributed by atoms with Crippen LogP contribution in [0.1, 0.15) is 52.0 Å². The molecule has 0 saturated carbocycles. The number of ketones is 1. The average molecular weight is 431 g/mol. The minimum absolute atomic E-state index is 0.0496. The number of nitrogens with one attached hydrogen (secondary N) is 1. The molecule has 1 aliphatic heterocycles. The predicted octanol–water partition coefficient (Wildman–Crippen LogP) is 3.62. The standard InChI is InChI=1S/C24H34N2O5/c1-24(2,3)31-23(29)25-21(22(28)30-4)11-10-20(27)16-18-12-14-26(15-13-18)17-19-8-6-5-7-9-19/h5-9,16,21H,10-15,17H2,1-4H3,(H,25,29)/t21-/m1/s1. The van der Waals surface area contributed by atoms with Crippen LogP contribution in [0.3, 0.4) is 0 Å². The van der Waals surface area contributed by atoms with Crippen molar-refractivity contribution in [2.24, 2.45) is 0 Å². The smallest absolute Gasteiger partial charge is 0.408 e. The topological polar surface area (TPSA) is 84.9 Å². The first kappa shape index (κ1) is 24.6. The van der Waals surface area contributed by atoms with E-state index in [-0.39, 0.29) is 18.6 Å². The Bertz CT molecular complexity index is 773. The predicted molar refractivity (Wildman–Crippen MR) is 118 cm³/mol. The number of hydrogen-bond donors (Lipinski definition) is 1. The molecule has 0 aliphatic carbocycles. The summed E-state index contributed by atoms with van der Waals surface area (Å²) in [6.45, 7) is 7.96. The van der Waals surface area contributed by atoms with Gasteiger partial charge in [0.05, 0.1) is 7.11 Å². The third-order valence-electron chi connectivity index (χ3n) is 4.97. The lowest BCUT2D eigenvalue weighted by atomic mass is 10.00. The zero-order valence-corrected chi connectivity index (χ0v) is 19.0. The van der Waals surface area contributed by atoms with E-state index in [1.165, 1.54) is 12.7 Å². The first-order valence-electron chi connectivity index (χ1n) is 10.7. The number of carbonyl (C=O) groups excluding carboxylic acids is 3. The molecule has 0 spiro atoms. The number of amides is 1. The van der Waals surface area contributed by atoms with Crippen LogP contribution in [0, 0.1) is 0 Å². The van der Waals surface area contributed by atoms with Crippen LogP contribution in [0.25, 0.3) is 0 Å². The summed E-state index contributed by atoms with van der Waals surface area (Å²) < 4.78 is 9.93. The number of likely N-dealkylation sites (tertiary alicyclic amines) is 1. The van der Waals surface area contributed by atoms with E-state index in [0.29, 0.717) is 0 Å². The number of benzene rings is 1. The van der Waals surface area contributed by atoms with Crippen LogP contribution in [-0.4, -0.2) is 54.6 Å². The fourth-order valence-electron chi connectivity index (χ4n) is 3.41. The molecule has 170 valence electrons. The average Bonchev–Trinajstić information content (AvgIpc) is 2.71. The third kappa shape index (κ3) is 9.34. The highest BCUT2D eigenvalue weighted by molar-refractivity contribution is 5.91. The van der Waals surface area contributed by atoms with E-state index in [2.05, 4.69) is 22.3 Å². The van der Waals surface area contributed by atoms with E-state index < -0.39 is 23.7 Å². The quantitative estimate of drug-likeness (QED) is 0.501. The van der Waals surface area contributed by atoms with Gasteiger partial charge in [0.15, 0.2) is 5.78 Å². The molecule has 1 aromatic carbocycles. The van der Waals surface area contributed by atoms with Crippen molar-refractivity contribution in [1.29, 1.82) is 0 Å². The molecule has 7 heteroatoms. The largest absolute Gasteiger partial charge is 0.467 e. The van der Waals surface area contributed by atoms with Gasteiger partial charge in [-0.1, -0.05) is 35.9 Å². The molecular formula is C24H34N2O5. The van der Waals surface area contributed by atoms with E-state index >= 15 is 0 Å². The summed E-state index contributed by atoms with van der Waals surface area (Å²) in [6, 6.07) is 9.43. The molecule has 1 amide bonds. The van der Waals surface area contributed by atoms with Gasteiger partial charge in [0.25, 0.3) is 0 Å². The molecule has 0 aromatic heterocycles. The Kier molecular flexibility index (Phi) is 9.24. The number of rotatable bonds is 8. The summed E-state index contributed by atoms with van der Waals surface area (Å²) in [5.74, 6) is -0.646. The van der Waals surface area contributed by atoms with Gasteiger partial charge in [0, 0.05) is 26.1 Å². The molecule has 1 aromatic rings. The van der Waals surface area contributed by atoms with Gasteiger partial charge in [-0.15, -0.1) is 0 Å². The zero-order chi connectivity index (χ0) is 22.9. The number of methoxy groups -OCH3 is 1. The highest BCUT2D eigenvalue weighted by Crippen LogP contribution is 2.19. The van der Waals surface area contributed by atoms with Gasteiger partial charge >= 0.3 is 12.1 Å². The fourth-order valence-corrected chi connectivity index (χ4v) is 3.41. The first-order valence-corrected chi connectivity index (χ1v) is 10.7. The van der Waals surface area contributed by atoms with E-state index in [0.717, 1.165) is 38.0 Å². The van der Waals surface area contributed by atoms with Gasteiger partial charge in [-0.05, 0) is 51.7 Å². The second kappa shape index (κ2) is 11.6. The molecule has 1 atom stereocenters. The summed E-state index contributed by atoms with van der Waals surface area (Å²) in [5, 5.41) is 2.50. The number of alkyl carbamates (subject to hydrolysis) is 1. The Morgan fingerprint density at radius 1 is 1.13 bits per heavy atom. The van der Waals surface area contributed by atoms with Crippen LogP contribution >= 0.6 is 0 Å². The molecule has 0 bridgehead atoms. The summed E-state index contributed by atoms with van der Waals surface area (Å²) in [4.78, 5) is 38.8. The van der Waals surface area contributed by atoms with E-state index in [1.807, 2.05) is 18.2 Å². The SMILES string of the molecule is COC(=O)[C@@H](CCC(=O)C=C1CCN(Cc2ccccc2)CC1)NC(=O)OC(C)(C)C. The van der Waals surface area contributed by atoms with Crippen LogP contribution in [0.4, 0.5) is 4.79 Å². The van der Waals surface area contributed by atoms with Gasteiger partial charge in [-0.3, -0.25) is 9.69 Å². The van der Waals surface area contributed by atoms with Gasteiger partial charge in [-0.2, -0.15) is 0 Å². The number of ether oxygens (including phenoxy) is 2. The summed E-state index contributed by atoms with van der Waals surface area (Å²) in [6.07, 6.45) is 3.01. The Balaban J connectivity index is 1.81. The molecular weight excluding hydrogens is 396 g/mol. The van der Waals surface area contributed by atoms with Crippen LogP contribution in [0.5, 0.6) is 0 Å². The van der Waals surface area contributed by atoms with Gasteiger partial charge in [-0.25, -0.2) is 9.59 Å². The molecule has 1 heterocycles. The maximum atomic E-state index is 12.4. The number of nitrogens with zero attached hydrogens (tertiary/aromatic N) is 1. The number of piperidine rings is 1.